The van der Waals surface area contributed by atoms with Gasteiger partial charge in [-0.2, -0.15) is 0 Å². The molecular weight excluding hydrogens is 343 g/mol. The molecule has 3 rings (SSSR count). The van der Waals surface area contributed by atoms with E-state index in [2.05, 4.69) is 108 Å². The van der Waals surface area contributed by atoms with Gasteiger partial charge in [0.2, 0.25) is 0 Å². The van der Waals surface area contributed by atoms with Gasteiger partial charge in [0.15, 0.2) is 0 Å². The number of rotatable bonds is 4. The maximum absolute atomic E-state index is 2.44. The lowest BCUT2D eigenvalue weighted by Crippen LogP contribution is -2.20. The summed E-state index contributed by atoms with van der Waals surface area (Å²) in [4.78, 5) is 0. The zero-order valence-electron chi connectivity index (χ0n) is 17.3. The maximum atomic E-state index is 2.44. The first-order valence-electron chi connectivity index (χ1n) is 9.55. The fraction of sp³-hybridized carbons (Fsp3) is 0.231. The van der Waals surface area contributed by atoms with Crippen molar-refractivity contribution in [3.63, 3.8) is 0 Å². The minimum Gasteiger partial charge on any atom is -0.0622 e. The highest BCUT2D eigenvalue weighted by molar-refractivity contribution is 7.76. The van der Waals surface area contributed by atoms with E-state index in [0.29, 0.717) is 0 Å². The van der Waals surface area contributed by atoms with Gasteiger partial charge in [0.05, 0.1) is 0 Å². The van der Waals surface area contributed by atoms with Gasteiger partial charge >= 0.3 is 0 Å². The maximum Gasteiger partial charge on any atom is -0.00977 e. The largest absolute Gasteiger partial charge is 0.0622 e. The molecule has 27 heavy (non-hydrogen) atoms. The molecule has 0 aliphatic rings. The van der Waals surface area contributed by atoms with Crippen LogP contribution in [-0.2, 0) is 0 Å². The smallest absolute Gasteiger partial charge is 0.00977 e. The van der Waals surface area contributed by atoms with Crippen LogP contribution >= 0.6 is 7.92 Å². The predicted molar refractivity (Wildman–Crippen MR) is 123 cm³/mol. The number of hydrogen-bond donors (Lipinski definition) is 0. The highest BCUT2D eigenvalue weighted by Gasteiger charge is 2.20. The molecule has 0 atom stereocenters. The van der Waals surface area contributed by atoms with Gasteiger partial charge in [0.1, 0.15) is 0 Å². The summed E-state index contributed by atoms with van der Waals surface area (Å²) in [5, 5.41) is 3.00. The molecule has 0 saturated carbocycles. The van der Waals surface area contributed by atoms with Crippen LogP contribution in [0.15, 0.2) is 60.4 Å². The van der Waals surface area contributed by atoms with Crippen LogP contribution in [0.4, 0.5) is 0 Å². The zero-order chi connectivity index (χ0) is 19.6. The van der Waals surface area contributed by atoms with Crippen molar-refractivity contribution in [2.45, 2.75) is 41.5 Å². The third-order valence-electron chi connectivity index (χ3n) is 4.97. The lowest BCUT2D eigenvalue weighted by Gasteiger charge is -2.24. The highest BCUT2D eigenvalue weighted by atomic mass is 31.1. The standard InChI is InChI=1S/C26H29P/c1-18-14-20(3)25(21(4)15-18)27(13-12-24-10-8-7-9-11-24)26-22(5)16-19(2)17-23(26)6/h7-17H,1-6H3/b13-12+. The Labute approximate surface area is 165 Å². The molecule has 0 unspecified atom stereocenters. The summed E-state index contributed by atoms with van der Waals surface area (Å²) >= 11 is 0. The van der Waals surface area contributed by atoms with E-state index in [9.17, 15) is 0 Å². The quantitative estimate of drug-likeness (QED) is 0.450. The van der Waals surface area contributed by atoms with E-state index >= 15 is 0 Å². The van der Waals surface area contributed by atoms with Crippen molar-refractivity contribution in [3.8, 4) is 0 Å². The first-order chi connectivity index (χ1) is 12.9. The third kappa shape index (κ3) is 4.40. The Morgan fingerprint density at radius 1 is 0.593 bits per heavy atom. The molecule has 0 aliphatic carbocycles. The first kappa shape index (κ1) is 19.6. The van der Waals surface area contributed by atoms with Gasteiger partial charge in [0, 0.05) is 0 Å². The van der Waals surface area contributed by atoms with E-state index in [1.165, 1.54) is 49.6 Å². The molecule has 0 amide bonds. The molecule has 0 nitrogen and oxygen atoms in total. The Morgan fingerprint density at radius 2 is 1.00 bits per heavy atom. The molecule has 0 spiro atoms. The van der Waals surface area contributed by atoms with Gasteiger partial charge in [-0.15, -0.1) is 0 Å². The van der Waals surface area contributed by atoms with Crippen LogP contribution in [-0.4, -0.2) is 0 Å². The van der Waals surface area contributed by atoms with Crippen LogP contribution < -0.4 is 10.6 Å². The topological polar surface area (TPSA) is 0 Å². The number of hydrogen-bond acceptors (Lipinski definition) is 0. The van der Waals surface area contributed by atoms with Crippen molar-refractivity contribution in [2.24, 2.45) is 0 Å². The van der Waals surface area contributed by atoms with E-state index in [-0.39, 0.29) is 0 Å². The summed E-state index contributed by atoms with van der Waals surface area (Å²) in [7, 11) is -0.563. The molecule has 3 aromatic carbocycles. The van der Waals surface area contributed by atoms with Crippen LogP contribution in [0.1, 0.15) is 38.9 Å². The lowest BCUT2D eigenvalue weighted by molar-refractivity contribution is 1.35. The summed E-state index contributed by atoms with van der Waals surface area (Å²) in [6.45, 7) is 13.4. The van der Waals surface area contributed by atoms with Gasteiger partial charge in [-0.3, -0.25) is 0 Å². The Kier molecular flexibility index (Phi) is 5.98. The van der Waals surface area contributed by atoms with Crippen molar-refractivity contribution in [1.82, 2.24) is 0 Å². The molecule has 0 aliphatic heterocycles. The molecule has 138 valence electrons. The van der Waals surface area contributed by atoms with Crippen molar-refractivity contribution >= 4 is 24.6 Å². The average molecular weight is 372 g/mol. The molecule has 0 heterocycles. The average Bonchev–Trinajstić information content (AvgIpc) is 2.58. The molecule has 3 aromatic rings. The molecule has 1 heteroatoms. The van der Waals surface area contributed by atoms with E-state index in [4.69, 9.17) is 0 Å². The van der Waals surface area contributed by atoms with Crippen LogP contribution in [0, 0.1) is 41.5 Å². The Balaban J connectivity index is 2.21. The van der Waals surface area contributed by atoms with E-state index in [1.54, 1.807) is 0 Å². The van der Waals surface area contributed by atoms with Crippen molar-refractivity contribution < 1.29 is 0 Å². The second kappa shape index (κ2) is 8.24. The van der Waals surface area contributed by atoms with Gasteiger partial charge in [-0.25, -0.2) is 0 Å². The van der Waals surface area contributed by atoms with Crippen LogP contribution in [0.5, 0.6) is 0 Å². The third-order valence-corrected chi connectivity index (χ3v) is 7.79. The second-order valence-electron chi connectivity index (χ2n) is 7.59. The molecule has 0 N–H and O–H groups in total. The lowest BCUT2D eigenvalue weighted by atomic mass is 10.1. The molecule has 0 radical (unpaired) electrons. The van der Waals surface area contributed by atoms with Crippen molar-refractivity contribution in [3.05, 3.63) is 99.4 Å². The molecule has 0 fully saturated rings. The van der Waals surface area contributed by atoms with Crippen LogP contribution in [0.3, 0.4) is 0 Å². The van der Waals surface area contributed by atoms with Crippen LogP contribution in [0.25, 0.3) is 6.08 Å². The number of benzene rings is 3. The number of aryl methyl sites for hydroxylation is 6. The summed E-state index contributed by atoms with van der Waals surface area (Å²) in [5.74, 6) is 2.44. The van der Waals surface area contributed by atoms with Crippen molar-refractivity contribution in [1.29, 1.82) is 0 Å². The van der Waals surface area contributed by atoms with Crippen molar-refractivity contribution in [2.75, 3.05) is 0 Å². The predicted octanol–water partition coefficient (Wildman–Crippen LogP) is 6.64. The molecule has 0 aromatic heterocycles. The normalized spacial score (nSPS) is 11.5. The molecule has 0 bridgehead atoms. The zero-order valence-corrected chi connectivity index (χ0v) is 18.2. The summed E-state index contributed by atoms with van der Waals surface area (Å²) in [6.07, 6.45) is 2.29. The van der Waals surface area contributed by atoms with Gasteiger partial charge in [-0.1, -0.05) is 77.6 Å². The summed E-state index contributed by atoms with van der Waals surface area (Å²) in [5.41, 5.74) is 9.54. The molecule has 0 saturated heterocycles. The van der Waals surface area contributed by atoms with Gasteiger partial charge < -0.3 is 0 Å². The first-order valence-corrected chi connectivity index (χ1v) is 11.0. The van der Waals surface area contributed by atoms with E-state index in [1.807, 2.05) is 0 Å². The van der Waals surface area contributed by atoms with E-state index < -0.39 is 7.92 Å². The van der Waals surface area contributed by atoms with Gasteiger partial charge in [0.25, 0.3) is 0 Å². The summed E-state index contributed by atoms with van der Waals surface area (Å²) in [6, 6.07) is 19.9. The Hall–Kier alpha value is -2.17. The fourth-order valence-corrected chi connectivity index (χ4v) is 6.71. The van der Waals surface area contributed by atoms with Crippen LogP contribution in [0.2, 0.25) is 0 Å². The Morgan fingerprint density at radius 3 is 1.41 bits per heavy atom. The highest BCUT2D eigenvalue weighted by Crippen LogP contribution is 2.41. The van der Waals surface area contributed by atoms with E-state index in [0.717, 1.165) is 0 Å². The minimum atomic E-state index is -0.563. The van der Waals surface area contributed by atoms with Gasteiger partial charge in [-0.05, 0) is 87.9 Å². The summed E-state index contributed by atoms with van der Waals surface area (Å²) < 4.78 is 0. The monoisotopic (exact) mass is 372 g/mol. The molecular formula is C26H29P. The SMILES string of the molecule is Cc1cc(C)c(P(/C=C/c2ccccc2)c2c(C)cc(C)cc2C)c(C)c1. The minimum absolute atomic E-state index is 0.563. The Bertz CT molecular complexity index is 877. The fourth-order valence-electron chi connectivity index (χ4n) is 4.09. The second-order valence-corrected chi connectivity index (χ2v) is 9.52.